The van der Waals surface area contributed by atoms with Gasteiger partial charge in [-0.1, -0.05) is 36.4 Å². The fraction of sp³-hybridized carbons (Fsp3) is 0.222. The predicted molar refractivity (Wildman–Crippen MR) is 86.3 cm³/mol. The van der Waals surface area contributed by atoms with Crippen LogP contribution >= 0.6 is 0 Å². The Balaban J connectivity index is 1.85. The van der Waals surface area contributed by atoms with Crippen molar-refractivity contribution in [2.24, 2.45) is 0 Å². The number of amides is 1. The van der Waals surface area contributed by atoms with E-state index in [9.17, 15) is 9.59 Å². The molecule has 0 aliphatic heterocycles. The van der Waals surface area contributed by atoms with Crippen LogP contribution in [0.4, 0.5) is 0 Å². The highest BCUT2D eigenvalue weighted by Gasteiger charge is 2.13. The highest BCUT2D eigenvalue weighted by atomic mass is 16.5. The monoisotopic (exact) mass is 313 g/mol. The summed E-state index contributed by atoms with van der Waals surface area (Å²) in [6, 6.07) is 16.0. The van der Waals surface area contributed by atoms with Gasteiger partial charge in [0.15, 0.2) is 6.61 Å². The highest BCUT2D eigenvalue weighted by Crippen LogP contribution is 2.14. The lowest BCUT2D eigenvalue weighted by Crippen LogP contribution is -2.31. The van der Waals surface area contributed by atoms with Crippen molar-refractivity contribution in [3.63, 3.8) is 0 Å². The van der Waals surface area contributed by atoms with E-state index < -0.39 is 5.97 Å². The molecule has 1 amide bonds. The molecule has 5 heteroatoms. The largest absolute Gasteiger partial charge is 0.497 e. The molecule has 0 aromatic heterocycles. The maximum atomic E-state index is 11.9. The van der Waals surface area contributed by atoms with Crippen LogP contribution < -0.4 is 10.1 Å². The lowest BCUT2D eigenvalue weighted by molar-refractivity contribution is -0.124. The van der Waals surface area contributed by atoms with Gasteiger partial charge in [0, 0.05) is 0 Å². The number of carbonyl (C=O) groups excluding carboxylic acids is 2. The molecule has 2 aromatic rings. The third-order valence-electron chi connectivity index (χ3n) is 3.32. The van der Waals surface area contributed by atoms with Crippen LogP contribution in [0.1, 0.15) is 28.9 Å². The van der Waals surface area contributed by atoms with E-state index >= 15 is 0 Å². The number of esters is 1. The van der Waals surface area contributed by atoms with Crippen molar-refractivity contribution in [1.29, 1.82) is 0 Å². The van der Waals surface area contributed by atoms with E-state index in [0.717, 1.165) is 5.56 Å². The van der Waals surface area contributed by atoms with Crippen molar-refractivity contribution in [2.45, 2.75) is 13.0 Å². The second kappa shape index (κ2) is 7.98. The minimum atomic E-state index is -0.564. The van der Waals surface area contributed by atoms with Crippen molar-refractivity contribution < 1.29 is 19.1 Å². The van der Waals surface area contributed by atoms with E-state index in [-0.39, 0.29) is 18.6 Å². The molecule has 5 nitrogen and oxygen atoms in total. The van der Waals surface area contributed by atoms with Crippen LogP contribution in [-0.2, 0) is 9.53 Å². The first-order valence-electron chi connectivity index (χ1n) is 7.25. The topological polar surface area (TPSA) is 64.6 Å². The zero-order valence-corrected chi connectivity index (χ0v) is 13.1. The number of hydrogen-bond donors (Lipinski definition) is 1. The first kappa shape index (κ1) is 16.5. The van der Waals surface area contributed by atoms with Crippen molar-refractivity contribution >= 4 is 11.9 Å². The second-order valence-corrected chi connectivity index (χ2v) is 5.01. The average Bonchev–Trinajstić information content (AvgIpc) is 2.60. The molecule has 1 N–H and O–H groups in total. The maximum absolute atomic E-state index is 11.9. The number of nitrogens with one attached hydrogen (secondary N) is 1. The minimum Gasteiger partial charge on any atom is -0.497 e. The van der Waals surface area contributed by atoms with E-state index in [1.54, 1.807) is 24.3 Å². The number of methoxy groups -OCH3 is 1. The van der Waals surface area contributed by atoms with Crippen LogP contribution in [0.15, 0.2) is 54.6 Å². The van der Waals surface area contributed by atoms with E-state index in [0.29, 0.717) is 11.3 Å². The Labute approximate surface area is 135 Å². The van der Waals surface area contributed by atoms with Crippen LogP contribution in [0.2, 0.25) is 0 Å². The molecule has 0 fully saturated rings. The number of rotatable bonds is 6. The summed E-state index contributed by atoms with van der Waals surface area (Å²) < 4.78 is 10.1. The Morgan fingerprint density at radius 2 is 1.83 bits per heavy atom. The molecule has 0 saturated heterocycles. The molecule has 120 valence electrons. The zero-order chi connectivity index (χ0) is 16.7. The summed E-state index contributed by atoms with van der Waals surface area (Å²) in [6.45, 7) is 1.55. The van der Waals surface area contributed by atoms with Crippen LogP contribution in [-0.4, -0.2) is 25.6 Å². The van der Waals surface area contributed by atoms with Gasteiger partial charge in [-0.05, 0) is 30.7 Å². The third-order valence-corrected chi connectivity index (χ3v) is 3.32. The van der Waals surface area contributed by atoms with E-state index in [1.807, 2.05) is 37.3 Å². The zero-order valence-electron chi connectivity index (χ0n) is 13.1. The van der Waals surface area contributed by atoms with Gasteiger partial charge in [0.1, 0.15) is 5.75 Å². The molecule has 23 heavy (non-hydrogen) atoms. The van der Waals surface area contributed by atoms with Gasteiger partial charge in [-0.2, -0.15) is 0 Å². The van der Waals surface area contributed by atoms with Crippen molar-refractivity contribution in [1.82, 2.24) is 5.32 Å². The summed E-state index contributed by atoms with van der Waals surface area (Å²) in [5, 5.41) is 2.78. The summed E-state index contributed by atoms with van der Waals surface area (Å²) in [6.07, 6.45) is 0. The summed E-state index contributed by atoms with van der Waals surface area (Å²) in [4.78, 5) is 23.8. The number of hydrogen-bond acceptors (Lipinski definition) is 4. The molecule has 0 heterocycles. The third kappa shape index (κ3) is 4.85. The Morgan fingerprint density at radius 3 is 2.52 bits per heavy atom. The van der Waals surface area contributed by atoms with E-state index in [4.69, 9.17) is 9.47 Å². The quantitative estimate of drug-likeness (QED) is 0.833. The molecule has 0 radical (unpaired) electrons. The van der Waals surface area contributed by atoms with Crippen LogP contribution in [0.5, 0.6) is 5.75 Å². The van der Waals surface area contributed by atoms with Crippen LogP contribution in [0.3, 0.4) is 0 Å². The lowest BCUT2D eigenvalue weighted by Gasteiger charge is -2.14. The molecule has 0 unspecified atom stereocenters. The number of carbonyl (C=O) groups is 2. The molecule has 1 atom stereocenters. The lowest BCUT2D eigenvalue weighted by atomic mass is 10.1. The summed E-state index contributed by atoms with van der Waals surface area (Å²) in [5.74, 6) is -0.356. The molecular formula is C18H19NO4. The first-order chi connectivity index (χ1) is 11.1. The molecule has 0 aliphatic carbocycles. The maximum Gasteiger partial charge on any atom is 0.338 e. The standard InChI is InChI=1S/C18H19NO4/c1-13(14-7-4-3-5-8-14)19-17(20)12-23-18(21)15-9-6-10-16(11-15)22-2/h3-11,13H,12H2,1-2H3,(H,19,20)/t13-/m1/s1. The van der Waals surface area contributed by atoms with Crippen molar-refractivity contribution in [3.8, 4) is 5.75 Å². The van der Waals surface area contributed by atoms with Gasteiger partial charge in [-0.15, -0.1) is 0 Å². The minimum absolute atomic E-state index is 0.153. The van der Waals surface area contributed by atoms with Gasteiger partial charge in [-0.3, -0.25) is 4.79 Å². The summed E-state index contributed by atoms with van der Waals surface area (Å²) in [5.41, 5.74) is 1.33. The SMILES string of the molecule is COc1cccc(C(=O)OCC(=O)N[C@H](C)c2ccccc2)c1. The van der Waals surface area contributed by atoms with Crippen LogP contribution in [0, 0.1) is 0 Å². The first-order valence-corrected chi connectivity index (χ1v) is 7.25. The molecule has 0 spiro atoms. The van der Waals surface area contributed by atoms with Crippen LogP contribution in [0.25, 0.3) is 0 Å². The van der Waals surface area contributed by atoms with Gasteiger partial charge >= 0.3 is 5.97 Å². The average molecular weight is 313 g/mol. The van der Waals surface area contributed by atoms with Gasteiger partial charge in [0.2, 0.25) is 0 Å². The number of benzene rings is 2. The normalized spacial score (nSPS) is 11.4. The molecule has 2 rings (SSSR count). The van der Waals surface area contributed by atoms with Crippen molar-refractivity contribution in [3.05, 3.63) is 65.7 Å². The van der Waals surface area contributed by atoms with Gasteiger partial charge in [-0.25, -0.2) is 4.79 Å². The summed E-state index contributed by atoms with van der Waals surface area (Å²) in [7, 11) is 1.52. The Morgan fingerprint density at radius 1 is 1.09 bits per heavy atom. The summed E-state index contributed by atoms with van der Waals surface area (Å²) >= 11 is 0. The van der Waals surface area contributed by atoms with E-state index in [1.165, 1.54) is 7.11 Å². The molecule has 2 aromatic carbocycles. The van der Waals surface area contributed by atoms with Gasteiger partial charge < -0.3 is 14.8 Å². The molecule has 0 saturated carbocycles. The molecule has 0 bridgehead atoms. The van der Waals surface area contributed by atoms with Crippen molar-refractivity contribution in [2.75, 3.05) is 13.7 Å². The molecular weight excluding hydrogens is 294 g/mol. The highest BCUT2D eigenvalue weighted by molar-refractivity contribution is 5.91. The smallest absolute Gasteiger partial charge is 0.338 e. The molecule has 0 aliphatic rings. The number of ether oxygens (including phenoxy) is 2. The Kier molecular flexibility index (Phi) is 5.74. The fourth-order valence-corrected chi connectivity index (χ4v) is 2.07. The Bertz CT molecular complexity index is 670. The van der Waals surface area contributed by atoms with E-state index in [2.05, 4.69) is 5.32 Å². The second-order valence-electron chi connectivity index (χ2n) is 5.01. The van der Waals surface area contributed by atoms with Gasteiger partial charge in [0.25, 0.3) is 5.91 Å². The van der Waals surface area contributed by atoms with Gasteiger partial charge in [0.05, 0.1) is 18.7 Å². The Hall–Kier alpha value is -2.82. The fourth-order valence-electron chi connectivity index (χ4n) is 2.07. The predicted octanol–water partition coefficient (Wildman–Crippen LogP) is 2.73.